The Morgan fingerprint density at radius 3 is 2.81 bits per heavy atom. The summed E-state index contributed by atoms with van der Waals surface area (Å²) in [6.07, 6.45) is 6.27. The van der Waals surface area contributed by atoms with Gasteiger partial charge in [0.05, 0.1) is 23.7 Å². The number of guanidine groups is 1. The molecule has 1 aromatic carbocycles. The Labute approximate surface area is 191 Å². The van der Waals surface area contributed by atoms with Crippen molar-refractivity contribution in [2.45, 2.75) is 31.7 Å². The maximum absolute atomic E-state index is 13.2. The van der Waals surface area contributed by atoms with Crippen LogP contribution in [0.2, 0.25) is 0 Å². The summed E-state index contributed by atoms with van der Waals surface area (Å²) < 4.78 is 1.79. The number of benzene rings is 1. The van der Waals surface area contributed by atoms with Crippen LogP contribution in [0, 0.1) is 17.2 Å². The molecule has 2 atom stereocenters. The predicted molar refractivity (Wildman–Crippen MR) is 126 cm³/mol. The Morgan fingerprint density at radius 1 is 1.28 bits per heavy atom. The van der Waals surface area contributed by atoms with Crippen molar-refractivity contribution in [3.8, 4) is 17.2 Å². The molecule has 7 nitrogen and oxygen atoms in total. The molecule has 0 radical (unpaired) electrons. The van der Waals surface area contributed by atoms with Crippen LogP contribution in [0.5, 0.6) is 0 Å². The van der Waals surface area contributed by atoms with Gasteiger partial charge < -0.3 is 5.73 Å². The summed E-state index contributed by atoms with van der Waals surface area (Å²) in [7, 11) is 3.58. The average molecular weight is 447 g/mol. The van der Waals surface area contributed by atoms with Gasteiger partial charge in [-0.2, -0.15) is 10.4 Å². The fraction of sp³-hybridized carbons (Fsp3) is 0.333. The first-order chi connectivity index (χ1) is 15.3. The lowest BCUT2D eigenvalue weighted by Gasteiger charge is -2.40. The summed E-state index contributed by atoms with van der Waals surface area (Å²) >= 11 is 1.58. The summed E-state index contributed by atoms with van der Waals surface area (Å²) in [5.41, 5.74) is 9.15. The molecule has 4 rings (SSSR count). The van der Waals surface area contributed by atoms with E-state index in [1.54, 1.807) is 29.1 Å². The summed E-state index contributed by atoms with van der Waals surface area (Å²) in [5.74, 6) is -0.0801. The minimum absolute atomic E-state index is 0.00684. The lowest BCUT2D eigenvalue weighted by Crippen LogP contribution is -2.53. The van der Waals surface area contributed by atoms with E-state index in [1.165, 1.54) is 4.90 Å². The number of aliphatic imine (C=N–C) groups is 1. The quantitative estimate of drug-likeness (QED) is 0.624. The number of aromatic nitrogens is 2. The molecule has 0 spiro atoms. The SMILES string of the molecule is CN1C(=O)C(CCCc2cnn(C)c2)C(C)(c2cc(-c3cccc(C#N)c3)cs2)N=C1N. The molecule has 0 aliphatic carbocycles. The number of thiophene rings is 1. The Hall–Kier alpha value is -3.44. The standard InChI is InChI=1S/C24H26N6OS/c1-24(21-11-19(15-32-21)18-8-4-6-16(10-18)12-25)20(22(31)30(3)23(26)28-24)9-5-7-17-13-27-29(2)14-17/h4,6,8,10-11,13-15,20H,5,7,9H2,1-3H3,(H2,26,28). The number of rotatable bonds is 6. The minimum atomic E-state index is -0.738. The monoisotopic (exact) mass is 446 g/mol. The molecule has 8 heteroatoms. The number of nitrogens with two attached hydrogens (primary N) is 1. The van der Waals surface area contributed by atoms with Gasteiger partial charge in [-0.3, -0.25) is 14.4 Å². The molecule has 3 heterocycles. The molecule has 3 aromatic rings. The third kappa shape index (κ3) is 4.04. The van der Waals surface area contributed by atoms with E-state index >= 15 is 0 Å². The maximum Gasteiger partial charge on any atom is 0.234 e. The highest BCUT2D eigenvalue weighted by Crippen LogP contribution is 2.44. The van der Waals surface area contributed by atoms with Crippen molar-refractivity contribution in [3.05, 3.63) is 64.1 Å². The molecule has 1 aliphatic heterocycles. The molecule has 1 amide bonds. The van der Waals surface area contributed by atoms with E-state index in [-0.39, 0.29) is 17.8 Å². The van der Waals surface area contributed by atoms with Crippen LogP contribution in [0.15, 0.2) is 53.1 Å². The van der Waals surface area contributed by atoms with E-state index in [4.69, 9.17) is 10.7 Å². The smallest absolute Gasteiger partial charge is 0.234 e. The molecule has 0 fully saturated rings. The Bertz CT molecular complexity index is 1220. The number of aryl methyl sites for hydroxylation is 2. The summed E-state index contributed by atoms with van der Waals surface area (Å²) in [4.78, 5) is 20.5. The zero-order valence-corrected chi connectivity index (χ0v) is 19.3. The Balaban J connectivity index is 1.63. The normalized spacial score (nSPS) is 20.8. The fourth-order valence-corrected chi connectivity index (χ4v) is 5.32. The lowest BCUT2D eigenvalue weighted by atomic mass is 9.78. The number of carbonyl (C=O) groups excluding carboxylic acids is 1. The van der Waals surface area contributed by atoms with E-state index < -0.39 is 5.54 Å². The van der Waals surface area contributed by atoms with Crippen LogP contribution in [0.1, 0.15) is 35.8 Å². The molecule has 164 valence electrons. The van der Waals surface area contributed by atoms with Crippen molar-refractivity contribution in [1.82, 2.24) is 14.7 Å². The van der Waals surface area contributed by atoms with Gasteiger partial charge in [-0.05, 0) is 66.5 Å². The van der Waals surface area contributed by atoms with E-state index in [0.29, 0.717) is 12.0 Å². The van der Waals surface area contributed by atoms with Crippen LogP contribution < -0.4 is 5.73 Å². The van der Waals surface area contributed by atoms with Gasteiger partial charge in [-0.1, -0.05) is 12.1 Å². The molecule has 0 saturated heterocycles. The average Bonchev–Trinajstić information content (AvgIpc) is 3.44. The van der Waals surface area contributed by atoms with Gasteiger partial charge in [0.15, 0.2) is 5.96 Å². The highest BCUT2D eigenvalue weighted by Gasteiger charge is 2.46. The van der Waals surface area contributed by atoms with Gasteiger partial charge in [0, 0.05) is 25.2 Å². The fourth-order valence-electron chi connectivity index (χ4n) is 4.24. The van der Waals surface area contributed by atoms with Crippen molar-refractivity contribution in [1.29, 1.82) is 5.26 Å². The molecular weight excluding hydrogens is 420 g/mol. The molecule has 2 aromatic heterocycles. The Morgan fingerprint density at radius 2 is 2.09 bits per heavy atom. The largest absolute Gasteiger partial charge is 0.369 e. The maximum atomic E-state index is 13.2. The van der Waals surface area contributed by atoms with Crippen molar-refractivity contribution in [3.63, 3.8) is 0 Å². The van der Waals surface area contributed by atoms with Crippen LogP contribution in [0.3, 0.4) is 0 Å². The zero-order chi connectivity index (χ0) is 22.9. The molecule has 0 bridgehead atoms. The van der Waals surface area contributed by atoms with Gasteiger partial charge in [-0.25, -0.2) is 4.99 Å². The first kappa shape index (κ1) is 21.8. The first-order valence-corrected chi connectivity index (χ1v) is 11.4. The van der Waals surface area contributed by atoms with Gasteiger partial charge in [0.2, 0.25) is 5.91 Å². The van der Waals surface area contributed by atoms with E-state index in [1.807, 2.05) is 44.6 Å². The highest BCUT2D eigenvalue weighted by atomic mass is 32.1. The van der Waals surface area contributed by atoms with Gasteiger partial charge >= 0.3 is 0 Å². The summed E-state index contributed by atoms with van der Waals surface area (Å²) in [6.45, 7) is 2.00. The van der Waals surface area contributed by atoms with Crippen molar-refractivity contribution < 1.29 is 4.79 Å². The number of nitrogens with zero attached hydrogens (tertiary/aromatic N) is 5. The zero-order valence-electron chi connectivity index (χ0n) is 18.4. The highest BCUT2D eigenvalue weighted by molar-refractivity contribution is 7.10. The molecule has 2 N–H and O–H groups in total. The molecular formula is C24H26N6OS. The summed E-state index contributed by atoms with van der Waals surface area (Å²) in [5, 5.41) is 15.5. The van der Waals surface area contributed by atoms with E-state index in [0.717, 1.165) is 34.4 Å². The number of carbonyl (C=O) groups is 1. The first-order valence-electron chi connectivity index (χ1n) is 10.5. The van der Waals surface area contributed by atoms with Gasteiger partial charge in [-0.15, -0.1) is 11.3 Å². The molecule has 32 heavy (non-hydrogen) atoms. The lowest BCUT2D eigenvalue weighted by molar-refractivity contribution is -0.134. The molecule has 0 saturated carbocycles. The Kier molecular flexibility index (Phi) is 5.85. The van der Waals surface area contributed by atoms with Crippen molar-refractivity contribution in [2.75, 3.05) is 7.05 Å². The van der Waals surface area contributed by atoms with Crippen molar-refractivity contribution in [2.24, 2.45) is 23.7 Å². The van der Waals surface area contributed by atoms with Gasteiger partial charge in [0.25, 0.3) is 0 Å². The molecule has 2 unspecified atom stereocenters. The second-order valence-electron chi connectivity index (χ2n) is 8.37. The number of nitriles is 1. The number of amides is 1. The van der Waals surface area contributed by atoms with E-state index in [2.05, 4.69) is 22.6 Å². The van der Waals surface area contributed by atoms with Gasteiger partial charge in [0.1, 0.15) is 5.54 Å². The third-order valence-corrected chi connectivity index (χ3v) is 7.29. The summed E-state index contributed by atoms with van der Waals surface area (Å²) in [6, 6.07) is 11.8. The van der Waals surface area contributed by atoms with Crippen LogP contribution >= 0.6 is 11.3 Å². The number of hydrogen-bond donors (Lipinski definition) is 1. The third-order valence-electron chi connectivity index (χ3n) is 6.14. The van der Waals surface area contributed by atoms with Crippen LogP contribution in [0.25, 0.3) is 11.1 Å². The van der Waals surface area contributed by atoms with Crippen molar-refractivity contribution >= 4 is 23.2 Å². The topological polar surface area (TPSA) is 100 Å². The second-order valence-corrected chi connectivity index (χ2v) is 9.29. The van der Waals surface area contributed by atoms with Crippen LogP contribution in [-0.4, -0.2) is 33.6 Å². The molecule has 1 aliphatic rings. The number of hydrogen-bond acceptors (Lipinski definition) is 6. The second kappa shape index (κ2) is 8.60. The van der Waals surface area contributed by atoms with Crippen LogP contribution in [0.4, 0.5) is 0 Å². The minimum Gasteiger partial charge on any atom is -0.369 e. The predicted octanol–water partition coefficient (Wildman–Crippen LogP) is 3.66. The van der Waals surface area contributed by atoms with E-state index in [9.17, 15) is 10.1 Å². The van der Waals surface area contributed by atoms with Crippen LogP contribution in [-0.2, 0) is 23.8 Å².